The molecular weight excluding hydrogens is 242 g/mol. The molecule has 19 heavy (non-hydrogen) atoms. The van der Waals surface area contributed by atoms with Crippen molar-refractivity contribution in [2.24, 2.45) is 0 Å². The van der Waals surface area contributed by atoms with Gasteiger partial charge in [-0.15, -0.1) is 0 Å². The highest BCUT2D eigenvalue weighted by Crippen LogP contribution is 2.28. The molecule has 1 atom stereocenters. The maximum Gasteiger partial charge on any atom is 0.239 e. The van der Waals surface area contributed by atoms with Crippen molar-refractivity contribution in [2.45, 2.75) is 19.4 Å². The summed E-state index contributed by atoms with van der Waals surface area (Å²) in [4.78, 5) is 13.5. The first-order valence-corrected chi connectivity index (χ1v) is 6.35. The number of carbonyl (C=O) groups is 1. The van der Waals surface area contributed by atoms with Gasteiger partial charge in [0.05, 0.1) is 24.3 Å². The Morgan fingerprint density at radius 2 is 2.32 bits per heavy atom. The van der Waals surface area contributed by atoms with Gasteiger partial charge in [0, 0.05) is 24.3 Å². The summed E-state index contributed by atoms with van der Waals surface area (Å²) >= 11 is 0. The van der Waals surface area contributed by atoms with E-state index in [0.717, 1.165) is 24.2 Å². The number of hydrogen-bond donors (Lipinski definition) is 2. The second-order valence-electron chi connectivity index (χ2n) is 4.69. The number of anilines is 1. The Kier molecular flexibility index (Phi) is 4.03. The maximum atomic E-state index is 11.6. The Balaban J connectivity index is 2.40. The lowest BCUT2D eigenvalue weighted by Crippen LogP contribution is -2.33. The van der Waals surface area contributed by atoms with Crippen LogP contribution in [0.3, 0.4) is 0 Å². The van der Waals surface area contributed by atoms with E-state index >= 15 is 0 Å². The number of hydrogen-bond acceptors (Lipinski definition) is 4. The molecule has 5 nitrogen and oxygen atoms in total. The second-order valence-corrected chi connectivity index (χ2v) is 4.69. The van der Waals surface area contributed by atoms with Gasteiger partial charge in [-0.2, -0.15) is 5.26 Å². The van der Waals surface area contributed by atoms with Gasteiger partial charge in [0.1, 0.15) is 0 Å². The molecule has 0 aliphatic carbocycles. The molecule has 1 aromatic carbocycles. The Morgan fingerprint density at radius 3 is 3.00 bits per heavy atom. The number of carbonyl (C=O) groups excluding carboxylic acids is 1. The van der Waals surface area contributed by atoms with Crippen LogP contribution in [0, 0.1) is 11.3 Å². The Morgan fingerprint density at radius 1 is 1.53 bits per heavy atom. The van der Waals surface area contributed by atoms with Crippen LogP contribution in [0.25, 0.3) is 0 Å². The molecular formula is C14H17N3O2. The van der Waals surface area contributed by atoms with Gasteiger partial charge in [0.2, 0.25) is 5.91 Å². The van der Waals surface area contributed by atoms with Crippen molar-refractivity contribution in [3.8, 4) is 6.07 Å². The van der Waals surface area contributed by atoms with Gasteiger partial charge in [-0.05, 0) is 25.5 Å². The lowest BCUT2D eigenvalue weighted by Gasteiger charge is -2.25. The molecule has 0 radical (unpaired) electrons. The lowest BCUT2D eigenvalue weighted by atomic mass is 10.0. The lowest BCUT2D eigenvalue weighted by molar-refractivity contribution is -0.119. The van der Waals surface area contributed by atoms with Crippen molar-refractivity contribution < 1.29 is 9.90 Å². The summed E-state index contributed by atoms with van der Waals surface area (Å²) in [5, 5.41) is 21.6. The number of rotatable bonds is 2. The smallest absolute Gasteiger partial charge is 0.239 e. The van der Waals surface area contributed by atoms with Crippen molar-refractivity contribution in [1.82, 2.24) is 5.32 Å². The van der Waals surface area contributed by atoms with Crippen LogP contribution in [0.1, 0.15) is 30.6 Å². The standard InChI is InChI=1S/C14H17N3O2/c1-10(18)12-4-3-11(8-15)7-13(12)17-6-2-5-16-14(19)9-17/h3-4,7,10,18H,2,5-6,9H2,1H3,(H,16,19)/t10-/m0/s1. The minimum Gasteiger partial charge on any atom is -0.389 e. The minimum absolute atomic E-state index is 0.0311. The Bertz CT molecular complexity index is 520. The number of nitrogens with zero attached hydrogens (tertiary/aromatic N) is 2. The fourth-order valence-electron chi connectivity index (χ4n) is 2.25. The average Bonchev–Trinajstić information content (AvgIpc) is 2.62. The monoisotopic (exact) mass is 259 g/mol. The summed E-state index contributed by atoms with van der Waals surface area (Å²) in [5.41, 5.74) is 2.05. The van der Waals surface area contributed by atoms with Crippen LogP contribution in [-0.4, -0.2) is 30.6 Å². The summed E-state index contributed by atoms with van der Waals surface area (Å²) in [6, 6.07) is 7.26. The second kappa shape index (κ2) is 5.72. The predicted octanol–water partition coefficient (Wildman–Crippen LogP) is 0.938. The van der Waals surface area contributed by atoms with Gasteiger partial charge in [0.25, 0.3) is 0 Å². The molecule has 1 amide bonds. The Hall–Kier alpha value is -2.06. The first kappa shape index (κ1) is 13.4. The van der Waals surface area contributed by atoms with E-state index in [9.17, 15) is 9.90 Å². The molecule has 1 aliphatic heterocycles. The number of nitrogens with one attached hydrogen (secondary N) is 1. The molecule has 0 aromatic heterocycles. The fourth-order valence-corrected chi connectivity index (χ4v) is 2.25. The molecule has 5 heteroatoms. The zero-order valence-electron chi connectivity index (χ0n) is 10.9. The van der Waals surface area contributed by atoms with Crippen molar-refractivity contribution in [1.29, 1.82) is 5.26 Å². The molecule has 1 saturated heterocycles. The summed E-state index contributed by atoms with van der Waals surface area (Å²) in [6.45, 7) is 3.34. The first-order chi connectivity index (χ1) is 9.11. The van der Waals surface area contributed by atoms with Gasteiger partial charge in [-0.1, -0.05) is 6.07 Å². The van der Waals surface area contributed by atoms with Crippen molar-refractivity contribution in [3.05, 3.63) is 29.3 Å². The highest BCUT2D eigenvalue weighted by Gasteiger charge is 2.19. The molecule has 0 bridgehead atoms. The van der Waals surface area contributed by atoms with Gasteiger partial charge in [-0.3, -0.25) is 4.79 Å². The summed E-state index contributed by atoms with van der Waals surface area (Å²) in [7, 11) is 0. The molecule has 0 unspecified atom stereocenters. The van der Waals surface area contributed by atoms with Crippen LogP contribution in [0.5, 0.6) is 0 Å². The van der Waals surface area contributed by atoms with Crippen LogP contribution in [0.15, 0.2) is 18.2 Å². The molecule has 0 spiro atoms. The molecule has 2 rings (SSSR count). The third kappa shape index (κ3) is 3.04. The molecule has 2 N–H and O–H groups in total. The van der Waals surface area contributed by atoms with Crippen LogP contribution in [0.4, 0.5) is 5.69 Å². The predicted molar refractivity (Wildman–Crippen MR) is 71.6 cm³/mol. The molecule has 0 saturated carbocycles. The van der Waals surface area contributed by atoms with E-state index in [-0.39, 0.29) is 12.5 Å². The van der Waals surface area contributed by atoms with Gasteiger partial charge < -0.3 is 15.3 Å². The van der Waals surface area contributed by atoms with E-state index in [1.54, 1.807) is 25.1 Å². The number of benzene rings is 1. The normalized spacial score (nSPS) is 17.3. The van der Waals surface area contributed by atoms with E-state index in [2.05, 4.69) is 11.4 Å². The van der Waals surface area contributed by atoms with E-state index in [1.807, 2.05) is 4.90 Å². The number of nitriles is 1. The molecule has 100 valence electrons. The molecule has 1 heterocycles. The average molecular weight is 259 g/mol. The van der Waals surface area contributed by atoms with Crippen LogP contribution >= 0.6 is 0 Å². The van der Waals surface area contributed by atoms with E-state index in [4.69, 9.17) is 5.26 Å². The zero-order valence-corrected chi connectivity index (χ0v) is 10.9. The summed E-state index contributed by atoms with van der Waals surface area (Å²) in [5.74, 6) is -0.0311. The molecule has 1 aliphatic rings. The first-order valence-electron chi connectivity index (χ1n) is 6.35. The van der Waals surface area contributed by atoms with E-state index in [1.165, 1.54) is 0 Å². The molecule has 1 aromatic rings. The van der Waals surface area contributed by atoms with E-state index in [0.29, 0.717) is 12.1 Å². The summed E-state index contributed by atoms with van der Waals surface area (Å²) in [6.07, 6.45) is 0.218. The zero-order chi connectivity index (χ0) is 13.8. The van der Waals surface area contributed by atoms with Gasteiger partial charge in [-0.25, -0.2) is 0 Å². The van der Waals surface area contributed by atoms with Crippen molar-refractivity contribution >= 4 is 11.6 Å². The summed E-state index contributed by atoms with van der Waals surface area (Å²) < 4.78 is 0. The van der Waals surface area contributed by atoms with Crippen LogP contribution in [-0.2, 0) is 4.79 Å². The molecule has 1 fully saturated rings. The van der Waals surface area contributed by atoms with E-state index < -0.39 is 6.10 Å². The number of amides is 1. The number of aliphatic hydroxyl groups is 1. The van der Waals surface area contributed by atoms with Crippen LogP contribution < -0.4 is 10.2 Å². The highest BCUT2D eigenvalue weighted by atomic mass is 16.3. The largest absolute Gasteiger partial charge is 0.389 e. The third-order valence-corrected chi connectivity index (χ3v) is 3.21. The van der Waals surface area contributed by atoms with Crippen molar-refractivity contribution in [2.75, 3.05) is 24.5 Å². The quantitative estimate of drug-likeness (QED) is 0.828. The van der Waals surface area contributed by atoms with Crippen molar-refractivity contribution in [3.63, 3.8) is 0 Å². The maximum absolute atomic E-state index is 11.6. The topological polar surface area (TPSA) is 76.4 Å². The SMILES string of the molecule is C[C@H](O)c1ccc(C#N)cc1N1CCCNC(=O)C1. The van der Waals surface area contributed by atoms with Gasteiger partial charge in [0.15, 0.2) is 0 Å². The Labute approximate surface area is 112 Å². The fraction of sp³-hybridized carbons (Fsp3) is 0.429. The number of aliphatic hydroxyl groups excluding tert-OH is 1. The van der Waals surface area contributed by atoms with Crippen LogP contribution in [0.2, 0.25) is 0 Å². The highest BCUT2D eigenvalue weighted by molar-refractivity contribution is 5.82. The minimum atomic E-state index is -0.631. The third-order valence-electron chi connectivity index (χ3n) is 3.21. The van der Waals surface area contributed by atoms with Gasteiger partial charge >= 0.3 is 0 Å².